The summed E-state index contributed by atoms with van der Waals surface area (Å²) in [5.74, 6) is -3.85. The second-order valence-corrected chi connectivity index (χ2v) is 7.61. The number of imide groups is 1. The standard InChI is InChI=1S/C22H19N3O4/c1-22(21(28)29)17-16(18(24-22)15-9-7-13(11-23)8-10-15)19(26)25(20(17)27)12-14-5-3-2-4-6-14/h2-10,16-18,24H,12H2,1H3,(H,28,29). The van der Waals surface area contributed by atoms with Crippen LogP contribution in [0.3, 0.4) is 0 Å². The van der Waals surface area contributed by atoms with Gasteiger partial charge in [-0.1, -0.05) is 42.5 Å². The Kier molecular flexibility index (Phi) is 4.44. The summed E-state index contributed by atoms with van der Waals surface area (Å²) in [6.45, 7) is 1.56. The Morgan fingerprint density at radius 2 is 1.79 bits per heavy atom. The van der Waals surface area contributed by atoms with Crippen LogP contribution in [0.25, 0.3) is 0 Å². The molecule has 2 fully saturated rings. The van der Waals surface area contributed by atoms with Crippen molar-refractivity contribution in [1.82, 2.24) is 10.2 Å². The minimum atomic E-state index is -1.57. The van der Waals surface area contributed by atoms with Gasteiger partial charge < -0.3 is 5.11 Å². The van der Waals surface area contributed by atoms with Crippen molar-refractivity contribution >= 4 is 17.8 Å². The maximum absolute atomic E-state index is 13.2. The Morgan fingerprint density at radius 3 is 2.38 bits per heavy atom. The van der Waals surface area contributed by atoms with Gasteiger partial charge in [-0.3, -0.25) is 24.6 Å². The molecule has 2 aliphatic heterocycles. The molecule has 4 rings (SSSR count). The molecule has 7 heteroatoms. The van der Waals surface area contributed by atoms with Gasteiger partial charge in [0.15, 0.2) is 0 Å². The van der Waals surface area contributed by atoms with Crippen LogP contribution in [0.15, 0.2) is 54.6 Å². The van der Waals surface area contributed by atoms with E-state index in [1.807, 2.05) is 36.4 Å². The lowest BCUT2D eigenvalue weighted by atomic mass is 9.80. The van der Waals surface area contributed by atoms with E-state index in [2.05, 4.69) is 5.32 Å². The van der Waals surface area contributed by atoms with Gasteiger partial charge in [0, 0.05) is 6.04 Å². The van der Waals surface area contributed by atoms with Crippen molar-refractivity contribution in [3.8, 4) is 6.07 Å². The number of carboxylic acid groups (broad SMARTS) is 1. The Labute approximate surface area is 167 Å². The fourth-order valence-electron chi connectivity index (χ4n) is 4.37. The van der Waals surface area contributed by atoms with Gasteiger partial charge in [0.1, 0.15) is 5.54 Å². The van der Waals surface area contributed by atoms with Crippen LogP contribution in [0.5, 0.6) is 0 Å². The van der Waals surface area contributed by atoms with Gasteiger partial charge in [-0.05, 0) is 30.2 Å². The number of hydrogen-bond acceptors (Lipinski definition) is 5. The largest absolute Gasteiger partial charge is 0.480 e. The van der Waals surface area contributed by atoms with E-state index in [0.717, 1.165) is 5.56 Å². The number of hydrogen-bond donors (Lipinski definition) is 2. The van der Waals surface area contributed by atoms with E-state index in [0.29, 0.717) is 11.1 Å². The van der Waals surface area contributed by atoms with Gasteiger partial charge in [0.05, 0.1) is 30.0 Å². The van der Waals surface area contributed by atoms with E-state index in [-0.39, 0.29) is 12.5 Å². The summed E-state index contributed by atoms with van der Waals surface area (Å²) in [5, 5.41) is 21.9. The third-order valence-corrected chi connectivity index (χ3v) is 5.91. The van der Waals surface area contributed by atoms with Crippen LogP contribution in [0.1, 0.15) is 29.7 Å². The number of fused-ring (bicyclic) bond motifs is 1. The molecule has 146 valence electrons. The average molecular weight is 389 g/mol. The second kappa shape index (κ2) is 6.83. The molecule has 2 N–H and O–H groups in total. The SMILES string of the molecule is CC1(C(=O)O)NC(c2ccc(C#N)cc2)C2C(=O)N(Cc3ccccc3)C(=O)C21. The number of nitrogens with zero attached hydrogens (tertiary/aromatic N) is 2. The van der Waals surface area contributed by atoms with Crippen LogP contribution in [-0.4, -0.2) is 33.3 Å². The zero-order valence-electron chi connectivity index (χ0n) is 15.7. The summed E-state index contributed by atoms with van der Waals surface area (Å²) >= 11 is 0. The maximum atomic E-state index is 13.2. The summed E-state index contributed by atoms with van der Waals surface area (Å²) in [6.07, 6.45) is 0. The third-order valence-electron chi connectivity index (χ3n) is 5.91. The molecule has 0 spiro atoms. The van der Waals surface area contributed by atoms with Crippen molar-refractivity contribution in [1.29, 1.82) is 5.26 Å². The number of carbonyl (C=O) groups excluding carboxylic acids is 2. The molecule has 0 bridgehead atoms. The van der Waals surface area contributed by atoms with Crippen LogP contribution in [0, 0.1) is 23.2 Å². The predicted octanol–water partition coefficient (Wildman–Crippen LogP) is 1.85. The van der Waals surface area contributed by atoms with E-state index in [9.17, 15) is 19.5 Å². The van der Waals surface area contributed by atoms with Crippen LogP contribution in [0.4, 0.5) is 0 Å². The lowest BCUT2D eigenvalue weighted by Crippen LogP contribution is -2.53. The average Bonchev–Trinajstić information content (AvgIpc) is 3.18. The molecule has 2 aromatic rings. The minimum absolute atomic E-state index is 0.112. The van der Waals surface area contributed by atoms with Crippen LogP contribution >= 0.6 is 0 Å². The Balaban J connectivity index is 1.73. The molecule has 0 aliphatic carbocycles. The number of aliphatic carboxylic acids is 1. The molecule has 2 heterocycles. The Bertz CT molecular complexity index is 1030. The fourth-order valence-corrected chi connectivity index (χ4v) is 4.37. The molecule has 0 saturated carbocycles. The van der Waals surface area contributed by atoms with Crippen molar-refractivity contribution < 1.29 is 19.5 Å². The van der Waals surface area contributed by atoms with Crippen LogP contribution in [-0.2, 0) is 20.9 Å². The molecule has 2 saturated heterocycles. The van der Waals surface area contributed by atoms with Gasteiger partial charge in [0.25, 0.3) is 0 Å². The molecule has 2 aliphatic rings. The van der Waals surface area contributed by atoms with E-state index < -0.39 is 35.3 Å². The topological polar surface area (TPSA) is 110 Å². The van der Waals surface area contributed by atoms with Crippen molar-refractivity contribution in [2.75, 3.05) is 0 Å². The Morgan fingerprint density at radius 1 is 1.14 bits per heavy atom. The van der Waals surface area contributed by atoms with E-state index in [1.54, 1.807) is 24.3 Å². The first-order valence-corrected chi connectivity index (χ1v) is 9.27. The molecule has 4 unspecified atom stereocenters. The quantitative estimate of drug-likeness (QED) is 0.772. The summed E-state index contributed by atoms with van der Waals surface area (Å²) < 4.78 is 0. The van der Waals surface area contributed by atoms with Gasteiger partial charge >= 0.3 is 5.97 Å². The van der Waals surface area contributed by atoms with E-state index in [1.165, 1.54) is 11.8 Å². The maximum Gasteiger partial charge on any atom is 0.324 e. The summed E-state index contributed by atoms with van der Waals surface area (Å²) in [7, 11) is 0. The molecule has 29 heavy (non-hydrogen) atoms. The van der Waals surface area contributed by atoms with Crippen LogP contribution in [0.2, 0.25) is 0 Å². The monoisotopic (exact) mass is 389 g/mol. The van der Waals surface area contributed by atoms with E-state index >= 15 is 0 Å². The number of carbonyl (C=O) groups is 3. The highest BCUT2D eigenvalue weighted by atomic mass is 16.4. The highest BCUT2D eigenvalue weighted by Gasteiger charge is 2.66. The van der Waals surface area contributed by atoms with Crippen LogP contribution < -0.4 is 5.32 Å². The molecule has 0 aromatic heterocycles. The fraction of sp³-hybridized carbons (Fsp3) is 0.273. The van der Waals surface area contributed by atoms with Gasteiger partial charge in [-0.15, -0.1) is 0 Å². The molecule has 4 atom stereocenters. The van der Waals surface area contributed by atoms with Gasteiger partial charge in [0.2, 0.25) is 11.8 Å². The molecular weight excluding hydrogens is 370 g/mol. The molecule has 2 amide bonds. The smallest absolute Gasteiger partial charge is 0.324 e. The number of nitriles is 1. The normalized spacial score (nSPS) is 28.3. The lowest BCUT2D eigenvalue weighted by molar-refractivity contribution is -0.150. The zero-order chi connectivity index (χ0) is 20.8. The number of nitrogens with one attached hydrogen (secondary N) is 1. The molecular formula is C22H19N3O4. The first-order chi connectivity index (χ1) is 13.9. The molecule has 7 nitrogen and oxygen atoms in total. The zero-order valence-corrected chi connectivity index (χ0v) is 15.7. The van der Waals surface area contributed by atoms with Gasteiger partial charge in [-0.2, -0.15) is 5.26 Å². The van der Waals surface area contributed by atoms with Gasteiger partial charge in [-0.25, -0.2) is 0 Å². The lowest BCUT2D eigenvalue weighted by Gasteiger charge is -2.27. The summed E-state index contributed by atoms with van der Waals surface area (Å²) in [4.78, 5) is 39.6. The number of carboxylic acids is 1. The first kappa shape index (κ1) is 18.8. The minimum Gasteiger partial charge on any atom is -0.480 e. The second-order valence-electron chi connectivity index (χ2n) is 7.61. The van der Waals surface area contributed by atoms with E-state index in [4.69, 9.17) is 5.26 Å². The van der Waals surface area contributed by atoms with Crippen molar-refractivity contribution in [3.63, 3.8) is 0 Å². The number of benzene rings is 2. The highest BCUT2D eigenvalue weighted by Crippen LogP contribution is 2.49. The number of rotatable bonds is 4. The molecule has 0 radical (unpaired) electrons. The predicted molar refractivity (Wildman–Crippen MR) is 102 cm³/mol. The number of amides is 2. The third kappa shape index (κ3) is 2.89. The highest BCUT2D eigenvalue weighted by molar-refractivity contribution is 6.09. The number of likely N-dealkylation sites (tertiary alicyclic amines) is 1. The summed E-state index contributed by atoms with van der Waals surface area (Å²) in [5.41, 5.74) is 0.367. The Hall–Kier alpha value is -3.50. The first-order valence-electron chi connectivity index (χ1n) is 9.27. The van der Waals surface area contributed by atoms with Crippen molar-refractivity contribution in [2.45, 2.75) is 25.0 Å². The van der Waals surface area contributed by atoms with Crippen molar-refractivity contribution in [3.05, 3.63) is 71.3 Å². The van der Waals surface area contributed by atoms with Crippen molar-refractivity contribution in [2.24, 2.45) is 11.8 Å². The molecule has 2 aromatic carbocycles. The summed E-state index contributed by atoms with van der Waals surface area (Å²) in [6, 6.07) is 17.2.